The van der Waals surface area contributed by atoms with E-state index in [-0.39, 0.29) is 12.0 Å². The molecule has 1 rings (SSSR count). The van der Waals surface area contributed by atoms with E-state index in [1.807, 2.05) is 6.26 Å². The van der Waals surface area contributed by atoms with E-state index in [4.69, 9.17) is 10.5 Å². The quantitative estimate of drug-likeness (QED) is 0.679. The summed E-state index contributed by atoms with van der Waals surface area (Å²) in [5.74, 6) is 0.847. The predicted molar refractivity (Wildman–Crippen MR) is 75.8 cm³/mol. The molecular formula is C12H25N3O2S. The third-order valence-electron chi connectivity index (χ3n) is 3.14. The van der Waals surface area contributed by atoms with Crippen LogP contribution in [0.25, 0.3) is 0 Å². The van der Waals surface area contributed by atoms with Gasteiger partial charge in [0.25, 0.3) is 0 Å². The van der Waals surface area contributed by atoms with E-state index in [1.54, 1.807) is 11.8 Å². The van der Waals surface area contributed by atoms with E-state index in [9.17, 15) is 4.79 Å². The number of hydrogen-bond acceptors (Lipinski definition) is 5. The monoisotopic (exact) mass is 275 g/mol. The van der Waals surface area contributed by atoms with Gasteiger partial charge >= 0.3 is 0 Å². The number of nitrogens with two attached hydrogens (primary N) is 1. The second-order valence-corrected chi connectivity index (χ2v) is 5.50. The highest BCUT2D eigenvalue weighted by atomic mass is 32.2. The average Bonchev–Trinajstić information content (AvgIpc) is 2.42. The second kappa shape index (κ2) is 8.74. The van der Waals surface area contributed by atoms with Gasteiger partial charge in [-0.15, -0.1) is 0 Å². The standard InChI is InChI=1S/C12H25N3O2S/c1-3-15-5-6-17-10(9-15)8-14-12(16)11(13)4-7-18-2/h10-11H,3-9,13H2,1-2H3,(H,14,16)/t10?,11-/m1/s1. The molecule has 3 N–H and O–H groups in total. The Morgan fingerprint density at radius 1 is 1.67 bits per heavy atom. The highest BCUT2D eigenvalue weighted by molar-refractivity contribution is 7.98. The first-order chi connectivity index (χ1) is 8.67. The molecule has 0 radical (unpaired) electrons. The first kappa shape index (κ1) is 15.8. The maximum Gasteiger partial charge on any atom is 0.237 e. The Kier molecular flexibility index (Phi) is 7.65. The van der Waals surface area contributed by atoms with E-state index in [2.05, 4.69) is 17.1 Å². The van der Waals surface area contributed by atoms with Gasteiger partial charge in [-0.1, -0.05) is 6.92 Å². The van der Waals surface area contributed by atoms with Crippen molar-refractivity contribution in [2.24, 2.45) is 5.73 Å². The number of rotatable bonds is 7. The van der Waals surface area contributed by atoms with Gasteiger partial charge in [0.1, 0.15) is 0 Å². The fraction of sp³-hybridized carbons (Fsp3) is 0.917. The third-order valence-corrected chi connectivity index (χ3v) is 3.79. The summed E-state index contributed by atoms with van der Waals surface area (Å²) in [5, 5.41) is 2.88. The lowest BCUT2D eigenvalue weighted by molar-refractivity contribution is -0.123. The van der Waals surface area contributed by atoms with Crippen LogP contribution in [0.1, 0.15) is 13.3 Å². The zero-order chi connectivity index (χ0) is 13.4. The van der Waals surface area contributed by atoms with Crippen LogP contribution in [0.2, 0.25) is 0 Å². The summed E-state index contributed by atoms with van der Waals surface area (Å²) in [6.07, 6.45) is 2.83. The SMILES string of the molecule is CCN1CCOC(CNC(=O)[C@H](N)CCSC)C1. The summed E-state index contributed by atoms with van der Waals surface area (Å²) < 4.78 is 5.62. The topological polar surface area (TPSA) is 67.6 Å². The Morgan fingerprint density at radius 3 is 3.11 bits per heavy atom. The molecule has 1 aliphatic heterocycles. The van der Waals surface area contributed by atoms with Crippen LogP contribution >= 0.6 is 11.8 Å². The van der Waals surface area contributed by atoms with Crippen LogP contribution in [0.15, 0.2) is 0 Å². The van der Waals surface area contributed by atoms with Crippen molar-refractivity contribution in [3.8, 4) is 0 Å². The molecule has 0 aromatic heterocycles. The number of likely N-dealkylation sites (N-methyl/N-ethyl adjacent to an activating group) is 1. The van der Waals surface area contributed by atoms with Crippen molar-refractivity contribution >= 4 is 17.7 Å². The maximum atomic E-state index is 11.7. The fourth-order valence-corrected chi connectivity index (χ4v) is 2.40. The van der Waals surface area contributed by atoms with Crippen LogP contribution in [0, 0.1) is 0 Å². The molecule has 0 saturated carbocycles. The number of carbonyl (C=O) groups is 1. The lowest BCUT2D eigenvalue weighted by Crippen LogP contribution is -2.50. The van der Waals surface area contributed by atoms with Gasteiger partial charge in [-0.3, -0.25) is 9.69 Å². The fourth-order valence-electron chi connectivity index (χ4n) is 1.91. The molecule has 1 amide bonds. The first-order valence-corrected chi connectivity index (χ1v) is 7.93. The molecule has 1 unspecified atom stereocenters. The van der Waals surface area contributed by atoms with Crippen LogP contribution in [0.3, 0.4) is 0 Å². The molecule has 2 atom stereocenters. The lowest BCUT2D eigenvalue weighted by Gasteiger charge is -2.32. The largest absolute Gasteiger partial charge is 0.374 e. The van der Waals surface area contributed by atoms with Gasteiger partial charge in [0.05, 0.1) is 18.8 Å². The number of carbonyl (C=O) groups excluding carboxylic acids is 1. The van der Waals surface area contributed by atoms with Crippen LogP contribution < -0.4 is 11.1 Å². The zero-order valence-electron chi connectivity index (χ0n) is 11.4. The predicted octanol–water partition coefficient (Wildman–Crippen LogP) is -0.0963. The van der Waals surface area contributed by atoms with Gasteiger partial charge in [-0.2, -0.15) is 11.8 Å². The van der Waals surface area contributed by atoms with Crippen LogP contribution in [-0.4, -0.2) is 67.7 Å². The first-order valence-electron chi connectivity index (χ1n) is 6.53. The minimum absolute atomic E-state index is 0.0683. The van der Waals surface area contributed by atoms with Crippen molar-refractivity contribution in [3.63, 3.8) is 0 Å². The minimum atomic E-state index is -0.400. The second-order valence-electron chi connectivity index (χ2n) is 4.52. The van der Waals surface area contributed by atoms with Gasteiger partial charge in [-0.25, -0.2) is 0 Å². The van der Waals surface area contributed by atoms with Gasteiger partial charge in [0.2, 0.25) is 5.91 Å². The summed E-state index contributed by atoms with van der Waals surface area (Å²) in [6, 6.07) is -0.400. The van der Waals surface area contributed by atoms with Crippen molar-refractivity contribution in [3.05, 3.63) is 0 Å². The Morgan fingerprint density at radius 2 is 2.44 bits per heavy atom. The Balaban J connectivity index is 2.21. The van der Waals surface area contributed by atoms with E-state index >= 15 is 0 Å². The molecule has 0 aliphatic carbocycles. The number of thioether (sulfide) groups is 1. The normalized spacial score (nSPS) is 22.7. The van der Waals surface area contributed by atoms with Gasteiger partial charge in [-0.05, 0) is 25.0 Å². The summed E-state index contributed by atoms with van der Waals surface area (Å²) in [4.78, 5) is 14.1. The molecule has 0 bridgehead atoms. The minimum Gasteiger partial charge on any atom is -0.374 e. The molecule has 18 heavy (non-hydrogen) atoms. The number of hydrogen-bond donors (Lipinski definition) is 2. The Hall–Kier alpha value is -0.300. The van der Waals surface area contributed by atoms with Gasteiger partial charge in [0.15, 0.2) is 0 Å². The van der Waals surface area contributed by atoms with Crippen molar-refractivity contribution in [2.45, 2.75) is 25.5 Å². The number of ether oxygens (including phenoxy) is 1. The summed E-state index contributed by atoms with van der Waals surface area (Å²) in [5.41, 5.74) is 5.80. The molecular weight excluding hydrogens is 250 g/mol. The zero-order valence-corrected chi connectivity index (χ0v) is 12.2. The summed E-state index contributed by atoms with van der Waals surface area (Å²) >= 11 is 1.71. The lowest BCUT2D eigenvalue weighted by atomic mass is 10.2. The van der Waals surface area contributed by atoms with Gasteiger partial charge in [0, 0.05) is 19.6 Å². The molecule has 106 valence electrons. The molecule has 1 heterocycles. The smallest absolute Gasteiger partial charge is 0.237 e. The Bertz CT molecular complexity index is 253. The third kappa shape index (κ3) is 5.56. The van der Waals surface area contributed by atoms with Crippen LogP contribution in [0.4, 0.5) is 0 Å². The van der Waals surface area contributed by atoms with E-state index < -0.39 is 6.04 Å². The van der Waals surface area contributed by atoms with Gasteiger partial charge < -0.3 is 15.8 Å². The number of morpholine rings is 1. The molecule has 1 fully saturated rings. The highest BCUT2D eigenvalue weighted by Gasteiger charge is 2.21. The van der Waals surface area contributed by atoms with E-state index in [1.165, 1.54) is 0 Å². The van der Waals surface area contributed by atoms with E-state index in [0.717, 1.165) is 38.4 Å². The summed E-state index contributed by atoms with van der Waals surface area (Å²) in [7, 11) is 0. The molecule has 1 saturated heterocycles. The molecule has 5 nitrogen and oxygen atoms in total. The number of nitrogens with zero attached hydrogens (tertiary/aromatic N) is 1. The van der Waals surface area contributed by atoms with Crippen LogP contribution in [-0.2, 0) is 9.53 Å². The number of amides is 1. The molecule has 0 aromatic rings. The van der Waals surface area contributed by atoms with Crippen molar-refractivity contribution in [2.75, 3.05) is 44.8 Å². The van der Waals surface area contributed by atoms with E-state index in [0.29, 0.717) is 6.54 Å². The van der Waals surface area contributed by atoms with Crippen LogP contribution in [0.5, 0.6) is 0 Å². The van der Waals surface area contributed by atoms with Crippen molar-refractivity contribution < 1.29 is 9.53 Å². The molecule has 1 aliphatic rings. The molecule has 0 spiro atoms. The Labute approximate surface area is 114 Å². The molecule has 0 aromatic carbocycles. The maximum absolute atomic E-state index is 11.7. The summed E-state index contributed by atoms with van der Waals surface area (Å²) in [6.45, 7) is 6.33. The number of nitrogens with one attached hydrogen (secondary N) is 1. The average molecular weight is 275 g/mol. The van der Waals surface area contributed by atoms with Crippen molar-refractivity contribution in [1.82, 2.24) is 10.2 Å². The van der Waals surface area contributed by atoms with Crippen molar-refractivity contribution in [1.29, 1.82) is 0 Å². The molecule has 6 heteroatoms. The highest BCUT2D eigenvalue weighted by Crippen LogP contribution is 2.04.